The summed E-state index contributed by atoms with van der Waals surface area (Å²) < 4.78 is 0.549. The fraction of sp³-hybridized carbons (Fsp3) is 0.348. The molecule has 5 atom stereocenters. The molecule has 1 amide bonds. The Morgan fingerprint density at radius 3 is 2.45 bits per heavy atom. The van der Waals surface area contributed by atoms with Crippen molar-refractivity contribution in [3.8, 4) is 16.2 Å². The molecule has 0 radical (unpaired) electrons. The molecule has 1 aromatic heterocycles. The Labute approximate surface area is 196 Å². The molecule has 4 N–H and O–H groups in total. The summed E-state index contributed by atoms with van der Waals surface area (Å²) in [7, 11) is 0. The molecule has 0 aliphatic heterocycles. The monoisotopic (exact) mass is 487 g/mol. The number of carbonyl (C=O) groups is 5. The molecule has 0 bridgehead atoms. The highest BCUT2D eigenvalue weighted by atomic mass is 35.5. The Morgan fingerprint density at radius 1 is 1.09 bits per heavy atom. The largest absolute Gasteiger partial charge is 0.507 e. The van der Waals surface area contributed by atoms with E-state index in [9.17, 15) is 34.2 Å². The van der Waals surface area contributed by atoms with Crippen molar-refractivity contribution in [3.63, 3.8) is 0 Å². The predicted molar refractivity (Wildman–Crippen MR) is 117 cm³/mol. The fourth-order valence-electron chi connectivity index (χ4n) is 5.66. The van der Waals surface area contributed by atoms with Gasteiger partial charge in [-0.3, -0.25) is 24.0 Å². The van der Waals surface area contributed by atoms with Gasteiger partial charge in [-0.1, -0.05) is 11.6 Å². The van der Waals surface area contributed by atoms with Crippen LogP contribution in [0.4, 0.5) is 0 Å². The second kappa shape index (κ2) is 7.31. The maximum absolute atomic E-state index is 13.5. The van der Waals surface area contributed by atoms with Crippen LogP contribution >= 0.6 is 22.9 Å². The highest BCUT2D eigenvalue weighted by molar-refractivity contribution is 7.19. The molecule has 1 aromatic carbocycles. The highest BCUT2D eigenvalue weighted by Crippen LogP contribution is 2.51. The number of hydrogen-bond acceptors (Lipinski definition) is 8. The van der Waals surface area contributed by atoms with Crippen LogP contribution < -0.4 is 5.73 Å². The summed E-state index contributed by atoms with van der Waals surface area (Å²) in [5.74, 6) is -10.2. The van der Waals surface area contributed by atoms with Crippen LogP contribution in [0.2, 0.25) is 4.34 Å². The number of amides is 1. The molecule has 10 heteroatoms. The topological polar surface area (TPSA) is 152 Å². The van der Waals surface area contributed by atoms with E-state index in [4.69, 9.17) is 17.3 Å². The van der Waals surface area contributed by atoms with Crippen LogP contribution in [-0.2, 0) is 25.6 Å². The smallest absolute Gasteiger partial charge is 0.235 e. The van der Waals surface area contributed by atoms with E-state index in [0.717, 1.165) is 4.88 Å². The maximum atomic E-state index is 13.5. The number of thiophene rings is 1. The van der Waals surface area contributed by atoms with Gasteiger partial charge in [0.25, 0.3) is 0 Å². The number of phenols is 1. The van der Waals surface area contributed by atoms with Gasteiger partial charge in [0.05, 0.1) is 15.8 Å². The Morgan fingerprint density at radius 2 is 1.82 bits per heavy atom. The third kappa shape index (κ3) is 2.96. The zero-order valence-electron chi connectivity index (χ0n) is 17.0. The number of halogens is 1. The van der Waals surface area contributed by atoms with E-state index < -0.39 is 58.3 Å². The predicted octanol–water partition coefficient (Wildman–Crippen LogP) is 1.71. The lowest BCUT2D eigenvalue weighted by Gasteiger charge is -2.48. The molecule has 2 saturated carbocycles. The summed E-state index contributed by atoms with van der Waals surface area (Å²) in [6, 6.07) is 6.55. The molecule has 2 aromatic rings. The first-order valence-corrected chi connectivity index (χ1v) is 11.5. The van der Waals surface area contributed by atoms with Crippen molar-refractivity contribution in [2.24, 2.45) is 29.4 Å². The van der Waals surface area contributed by atoms with Crippen LogP contribution in [0.15, 0.2) is 24.3 Å². The molecule has 170 valence electrons. The lowest BCUT2D eigenvalue weighted by molar-refractivity contribution is -0.175. The lowest BCUT2D eigenvalue weighted by Crippen LogP contribution is -2.68. The summed E-state index contributed by atoms with van der Waals surface area (Å²) in [5.41, 5.74) is 3.76. The number of nitrogens with two attached hydrogens (primary N) is 1. The van der Waals surface area contributed by atoms with Crippen LogP contribution in [0.3, 0.4) is 0 Å². The van der Waals surface area contributed by atoms with Gasteiger partial charge in [0.2, 0.25) is 5.91 Å². The second-order valence-electron chi connectivity index (χ2n) is 8.83. The SMILES string of the molecule is NC(=O)C1C(=O)C[C@@H]2C[C@@H]3Cc4c(-c5ccc(Cl)s5)ccc(O)c4C(=O)C3C(=O)[C@]2(O)C1=O. The molecule has 33 heavy (non-hydrogen) atoms. The van der Waals surface area contributed by atoms with E-state index >= 15 is 0 Å². The summed E-state index contributed by atoms with van der Waals surface area (Å²) >= 11 is 7.37. The van der Waals surface area contributed by atoms with Gasteiger partial charge in [-0.25, -0.2) is 0 Å². The molecule has 3 aliphatic rings. The minimum Gasteiger partial charge on any atom is -0.507 e. The molecule has 1 heterocycles. The molecule has 2 unspecified atom stereocenters. The van der Waals surface area contributed by atoms with Crippen molar-refractivity contribution in [1.82, 2.24) is 0 Å². The number of Topliss-reactive ketones (excluding diaryl/α,β-unsaturated/α-hetero) is 4. The standard InChI is InChI=1S/C23H18ClNO7S/c24-15-4-3-14(33-15)10-1-2-12(26)17-11(10)6-8-5-9-7-13(27)18(22(25)31)21(30)23(9,32)20(29)16(8)19(17)28/h1-4,8-9,16,18,26,32H,5-7H2,(H2,25,31)/t8-,9+,16?,18?,23+/m1/s1. The van der Waals surface area contributed by atoms with Crippen molar-refractivity contribution in [3.05, 3.63) is 39.7 Å². The first-order chi connectivity index (χ1) is 15.6. The average Bonchev–Trinajstić information content (AvgIpc) is 3.16. The zero-order chi connectivity index (χ0) is 23.8. The molecular weight excluding hydrogens is 470 g/mol. The van der Waals surface area contributed by atoms with Crippen LogP contribution in [-0.4, -0.2) is 44.9 Å². The molecule has 2 fully saturated rings. The number of fused-ring (bicyclic) bond motifs is 3. The van der Waals surface area contributed by atoms with E-state index in [2.05, 4.69) is 0 Å². The first kappa shape index (κ1) is 21.9. The summed E-state index contributed by atoms with van der Waals surface area (Å²) in [4.78, 5) is 64.7. The Bertz CT molecular complexity index is 1280. The molecule has 0 saturated heterocycles. The highest BCUT2D eigenvalue weighted by Gasteiger charge is 2.66. The van der Waals surface area contributed by atoms with Crippen LogP contribution in [0, 0.1) is 23.7 Å². The number of benzene rings is 1. The number of hydrogen-bond donors (Lipinski definition) is 3. The van der Waals surface area contributed by atoms with Crippen molar-refractivity contribution in [2.45, 2.75) is 24.9 Å². The van der Waals surface area contributed by atoms with Gasteiger partial charge in [0, 0.05) is 17.2 Å². The molecular formula is C23H18ClNO7S. The first-order valence-electron chi connectivity index (χ1n) is 10.3. The quantitative estimate of drug-likeness (QED) is 0.545. The minimum atomic E-state index is -2.64. The fourth-order valence-corrected chi connectivity index (χ4v) is 6.75. The Kier molecular flexibility index (Phi) is 4.86. The van der Waals surface area contributed by atoms with E-state index in [-0.39, 0.29) is 30.6 Å². The normalized spacial score (nSPS) is 31.1. The Hall–Kier alpha value is -2.88. The van der Waals surface area contributed by atoms with Crippen molar-refractivity contribution in [2.75, 3.05) is 0 Å². The van der Waals surface area contributed by atoms with Gasteiger partial charge < -0.3 is 15.9 Å². The van der Waals surface area contributed by atoms with Crippen LogP contribution in [0.25, 0.3) is 10.4 Å². The summed E-state index contributed by atoms with van der Waals surface area (Å²) in [5, 5.41) is 21.7. The number of rotatable bonds is 2. The summed E-state index contributed by atoms with van der Waals surface area (Å²) in [6.45, 7) is 0. The van der Waals surface area contributed by atoms with Crippen molar-refractivity contribution < 1.29 is 34.2 Å². The van der Waals surface area contributed by atoms with E-state index in [0.29, 0.717) is 15.5 Å². The number of aliphatic hydroxyl groups is 1. The Balaban J connectivity index is 1.62. The van der Waals surface area contributed by atoms with Crippen LogP contribution in [0.1, 0.15) is 28.8 Å². The minimum absolute atomic E-state index is 0.0283. The van der Waals surface area contributed by atoms with Crippen molar-refractivity contribution in [1.29, 1.82) is 0 Å². The van der Waals surface area contributed by atoms with Gasteiger partial charge >= 0.3 is 0 Å². The number of phenolic OH excluding ortho intramolecular Hbond substituents is 1. The second-order valence-corrected chi connectivity index (χ2v) is 10.5. The van der Waals surface area contributed by atoms with Gasteiger partial charge in [0.1, 0.15) is 5.75 Å². The average molecular weight is 488 g/mol. The molecule has 5 rings (SSSR count). The van der Waals surface area contributed by atoms with Gasteiger partial charge in [-0.05, 0) is 54.2 Å². The summed E-state index contributed by atoms with van der Waals surface area (Å²) in [6.07, 6.45) is -0.0778. The third-order valence-corrected chi connectivity index (χ3v) is 8.39. The van der Waals surface area contributed by atoms with Crippen LogP contribution in [0.5, 0.6) is 5.75 Å². The third-order valence-electron chi connectivity index (χ3n) is 7.12. The van der Waals surface area contributed by atoms with E-state index in [1.54, 1.807) is 18.2 Å². The van der Waals surface area contributed by atoms with Gasteiger partial charge in [0.15, 0.2) is 34.7 Å². The van der Waals surface area contributed by atoms with E-state index in [1.165, 1.54) is 17.4 Å². The zero-order valence-corrected chi connectivity index (χ0v) is 18.6. The van der Waals surface area contributed by atoms with E-state index in [1.807, 2.05) is 0 Å². The van der Waals surface area contributed by atoms with Gasteiger partial charge in [-0.2, -0.15) is 0 Å². The van der Waals surface area contributed by atoms with Gasteiger partial charge in [-0.15, -0.1) is 11.3 Å². The number of aromatic hydroxyl groups is 1. The maximum Gasteiger partial charge on any atom is 0.235 e. The number of ketones is 4. The molecule has 3 aliphatic carbocycles. The number of primary amides is 1. The number of carbonyl (C=O) groups excluding carboxylic acids is 5. The van der Waals surface area contributed by atoms with Crippen molar-refractivity contribution >= 4 is 52.0 Å². The molecule has 0 spiro atoms. The lowest BCUT2D eigenvalue weighted by atomic mass is 9.53. The molecule has 8 nitrogen and oxygen atoms in total.